The minimum atomic E-state index is 0.197. The fraction of sp³-hybridized carbons (Fsp3) is 0.533. The van der Waals surface area contributed by atoms with Gasteiger partial charge < -0.3 is 15.1 Å². The number of aliphatic imine (C=N–C) groups is 1. The first-order valence-electron chi connectivity index (χ1n) is 7.09. The molecule has 1 aromatic heterocycles. The van der Waals surface area contributed by atoms with Crippen LogP contribution in [-0.4, -0.2) is 44.1 Å². The fourth-order valence-corrected chi connectivity index (χ4v) is 2.14. The second-order valence-corrected chi connectivity index (χ2v) is 4.38. The van der Waals surface area contributed by atoms with E-state index in [1.165, 1.54) is 0 Å². The molecule has 0 aromatic carbocycles. The summed E-state index contributed by atoms with van der Waals surface area (Å²) >= 11 is 0. The van der Waals surface area contributed by atoms with Gasteiger partial charge in [0, 0.05) is 20.1 Å². The van der Waals surface area contributed by atoms with E-state index in [0.29, 0.717) is 6.54 Å². The highest BCUT2D eigenvalue weighted by Crippen LogP contribution is 2.19. The Morgan fingerprint density at radius 2 is 2.20 bits per heavy atom. The standard InChI is InChI=1S/C15H26N4O/c1-5-10-17-15(16-4)18-12-13(19(6-2)7-3)14-9-8-11-20-14/h5,8-9,11,13H,1,6-7,10,12H2,2-4H3,(H2,16,17,18). The van der Waals surface area contributed by atoms with E-state index in [4.69, 9.17) is 4.42 Å². The van der Waals surface area contributed by atoms with Gasteiger partial charge >= 0.3 is 0 Å². The Kier molecular flexibility index (Phi) is 7.50. The van der Waals surface area contributed by atoms with E-state index >= 15 is 0 Å². The molecular formula is C15H26N4O. The SMILES string of the molecule is C=CCNC(=NC)NCC(c1ccco1)N(CC)CC. The first-order valence-corrected chi connectivity index (χ1v) is 7.09. The molecule has 0 radical (unpaired) electrons. The molecule has 1 heterocycles. The van der Waals surface area contributed by atoms with Crippen LogP contribution in [0.2, 0.25) is 0 Å². The number of hydrogen-bond acceptors (Lipinski definition) is 3. The maximum Gasteiger partial charge on any atom is 0.191 e. The maximum absolute atomic E-state index is 5.57. The summed E-state index contributed by atoms with van der Waals surface area (Å²) in [4.78, 5) is 6.54. The largest absolute Gasteiger partial charge is 0.468 e. The lowest BCUT2D eigenvalue weighted by Crippen LogP contribution is -2.43. The number of furan rings is 1. The lowest BCUT2D eigenvalue weighted by Gasteiger charge is -2.28. The molecule has 5 heteroatoms. The van der Waals surface area contributed by atoms with Crippen LogP contribution in [0.4, 0.5) is 0 Å². The van der Waals surface area contributed by atoms with Crippen molar-refractivity contribution in [2.75, 3.05) is 33.2 Å². The van der Waals surface area contributed by atoms with Crippen LogP contribution in [0.5, 0.6) is 0 Å². The molecule has 0 aliphatic rings. The topological polar surface area (TPSA) is 52.8 Å². The van der Waals surface area contributed by atoms with Crippen LogP contribution in [0.15, 0.2) is 40.5 Å². The monoisotopic (exact) mass is 278 g/mol. The van der Waals surface area contributed by atoms with Gasteiger partial charge in [-0.3, -0.25) is 9.89 Å². The number of hydrogen-bond donors (Lipinski definition) is 2. The van der Waals surface area contributed by atoms with Crippen molar-refractivity contribution in [1.29, 1.82) is 0 Å². The highest BCUT2D eigenvalue weighted by atomic mass is 16.3. The Morgan fingerprint density at radius 1 is 1.45 bits per heavy atom. The Hall–Kier alpha value is -1.75. The highest BCUT2D eigenvalue weighted by Gasteiger charge is 2.20. The molecule has 1 unspecified atom stereocenters. The molecule has 112 valence electrons. The molecule has 1 aromatic rings. The van der Waals surface area contributed by atoms with Crippen molar-refractivity contribution in [2.45, 2.75) is 19.9 Å². The van der Waals surface area contributed by atoms with E-state index in [0.717, 1.165) is 31.4 Å². The van der Waals surface area contributed by atoms with E-state index < -0.39 is 0 Å². The molecule has 0 aliphatic heterocycles. The third-order valence-electron chi connectivity index (χ3n) is 3.23. The second-order valence-electron chi connectivity index (χ2n) is 4.38. The fourth-order valence-electron chi connectivity index (χ4n) is 2.14. The van der Waals surface area contributed by atoms with Gasteiger partial charge in [-0.25, -0.2) is 0 Å². The van der Waals surface area contributed by atoms with Crippen LogP contribution in [0.25, 0.3) is 0 Å². The Bertz CT molecular complexity index is 396. The molecule has 0 saturated carbocycles. The number of rotatable bonds is 8. The summed E-state index contributed by atoms with van der Waals surface area (Å²) in [5.74, 6) is 1.74. The summed E-state index contributed by atoms with van der Waals surface area (Å²) in [6.45, 7) is 11.4. The number of nitrogens with zero attached hydrogens (tertiary/aromatic N) is 2. The molecule has 0 fully saturated rings. The van der Waals surface area contributed by atoms with Gasteiger partial charge in [0.05, 0.1) is 12.3 Å². The first kappa shape index (κ1) is 16.3. The van der Waals surface area contributed by atoms with Crippen molar-refractivity contribution in [3.8, 4) is 0 Å². The van der Waals surface area contributed by atoms with Crippen LogP contribution in [0.3, 0.4) is 0 Å². The first-order chi connectivity index (χ1) is 9.76. The van der Waals surface area contributed by atoms with E-state index in [-0.39, 0.29) is 6.04 Å². The van der Waals surface area contributed by atoms with Crippen LogP contribution in [0.1, 0.15) is 25.6 Å². The minimum absolute atomic E-state index is 0.197. The zero-order valence-electron chi connectivity index (χ0n) is 12.7. The lowest BCUT2D eigenvalue weighted by atomic mass is 10.2. The molecule has 0 aliphatic carbocycles. The van der Waals surface area contributed by atoms with E-state index in [1.807, 2.05) is 12.1 Å². The average Bonchev–Trinajstić information content (AvgIpc) is 3.00. The van der Waals surface area contributed by atoms with Gasteiger partial charge in [-0.05, 0) is 25.2 Å². The molecule has 1 rings (SSSR count). The van der Waals surface area contributed by atoms with Crippen LogP contribution in [-0.2, 0) is 0 Å². The van der Waals surface area contributed by atoms with E-state index in [2.05, 4.69) is 41.0 Å². The molecule has 0 spiro atoms. The van der Waals surface area contributed by atoms with Gasteiger partial charge in [0.15, 0.2) is 5.96 Å². The summed E-state index contributed by atoms with van der Waals surface area (Å²) in [5.41, 5.74) is 0. The van der Waals surface area contributed by atoms with Gasteiger partial charge in [0.25, 0.3) is 0 Å². The number of likely N-dealkylation sites (N-methyl/N-ethyl adjacent to an activating group) is 1. The molecule has 5 nitrogen and oxygen atoms in total. The molecular weight excluding hydrogens is 252 g/mol. The maximum atomic E-state index is 5.57. The predicted molar refractivity (Wildman–Crippen MR) is 83.9 cm³/mol. The van der Waals surface area contributed by atoms with Gasteiger partial charge in [-0.2, -0.15) is 0 Å². The molecule has 1 atom stereocenters. The van der Waals surface area contributed by atoms with Crippen LogP contribution >= 0.6 is 0 Å². The van der Waals surface area contributed by atoms with Crippen LogP contribution in [0, 0.1) is 0 Å². The van der Waals surface area contributed by atoms with Crippen molar-refractivity contribution < 1.29 is 4.42 Å². The number of guanidine groups is 1. The van der Waals surface area contributed by atoms with E-state index in [1.54, 1.807) is 19.4 Å². The smallest absolute Gasteiger partial charge is 0.191 e. The summed E-state index contributed by atoms with van der Waals surface area (Å²) in [6.07, 6.45) is 3.53. The van der Waals surface area contributed by atoms with Crippen molar-refractivity contribution in [2.24, 2.45) is 4.99 Å². The van der Waals surface area contributed by atoms with Crippen molar-refractivity contribution in [1.82, 2.24) is 15.5 Å². The zero-order chi connectivity index (χ0) is 14.8. The molecule has 0 bridgehead atoms. The third-order valence-corrected chi connectivity index (χ3v) is 3.23. The second kappa shape index (κ2) is 9.20. The van der Waals surface area contributed by atoms with Gasteiger partial charge in [-0.15, -0.1) is 6.58 Å². The van der Waals surface area contributed by atoms with Gasteiger partial charge in [0.2, 0.25) is 0 Å². The van der Waals surface area contributed by atoms with E-state index in [9.17, 15) is 0 Å². The summed E-state index contributed by atoms with van der Waals surface area (Å²) in [7, 11) is 1.76. The minimum Gasteiger partial charge on any atom is -0.468 e. The molecule has 0 saturated heterocycles. The Labute approximate surface area is 121 Å². The zero-order valence-corrected chi connectivity index (χ0v) is 12.7. The summed E-state index contributed by atoms with van der Waals surface area (Å²) in [5, 5.41) is 6.50. The third kappa shape index (κ3) is 4.74. The summed E-state index contributed by atoms with van der Waals surface area (Å²) in [6, 6.07) is 4.14. The van der Waals surface area contributed by atoms with Crippen molar-refractivity contribution in [3.05, 3.63) is 36.8 Å². The van der Waals surface area contributed by atoms with Crippen molar-refractivity contribution in [3.63, 3.8) is 0 Å². The quantitative estimate of drug-likeness (QED) is 0.434. The lowest BCUT2D eigenvalue weighted by molar-refractivity contribution is 0.193. The normalized spacial score (nSPS) is 13.3. The van der Waals surface area contributed by atoms with Crippen LogP contribution < -0.4 is 10.6 Å². The average molecular weight is 278 g/mol. The Morgan fingerprint density at radius 3 is 2.70 bits per heavy atom. The van der Waals surface area contributed by atoms with Crippen molar-refractivity contribution >= 4 is 5.96 Å². The molecule has 2 N–H and O–H groups in total. The summed E-state index contributed by atoms with van der Waals surface area (Å²) < 4.78 is 5.57. The predicted octanol–water partition coefficient (Wildman–Crippen LogP) is 2.01. The molecule has 0 amide bonds. The van der Waals surface area contributed by atoms with Gasteiger partial charge in [-0.1, -0.05) is 19.9 Å². The van der Waals surface area contributed by atoms with Gasteiger partial charge in [0.1, 0.15) is 5.76 Å². The highest BCUT2D eigenvalue weighted by molar-refractivity contribution is 5.79. The number of nitrogens with one attached hydrogen (secondary N) is 2. The Balaban J connectivity index is 2.68. The molecule has 20 heavy (non-hydrogen) atoms.